The van der Waals surface area contributed by atoms with E-state index in [9.17, 15) is 9.59 Å². The number of amides is 2. The molecule has 0 saturated heterocycles. The summed E-state index contributed by atoms with van der Waals surface area (Å²) in [5.74, 6) is -0.979. The number of nitrogens with zero attached hydrogens (tertiary/aromatic N) is 2. The fourth-order valence-electron chi connectivity index (χ4n) is 1.55. The molecule has 0 aromatic rings. The number of likely N-dealkylation sites (N-methyl/N-ethyl adjacent to an activating group) is 1. The molecule has 0 atom stereocenters. The number of carbonyl (C=O) groups is 2. The number of carboxylic acid groups (broad SMARTS) is 1. The number of hydrogen-bond donors (Lipinski definition) is 2. The van der Waals surface area contributed by atoms with Crippen LogP contribution in [0.1, 0.15) is 19.3 Å². The van der Waals surface area contributed by atoms with Gasteiger partial charge in [-0.3, -0.25) is 4.79 Å². The smallest absolute Gasteiger partial charge is 0.323 e. The first-order chi connectivity index (χ1) is 7.99. The molecule has 1 aliphatic rings. The van der Waals surface area contributed by atoms with Crippen LogP contribution in [-0.2, 0) is 4.79 Å². The first kappa shape index (κ1) is 13.8. The fraction of sp³-hybridized carbons (Fsp3) is 0.818. The summed E-state index contributed by atoms with van der Waals surface area (Å²) in [4.78, 5) is 25.8. The van der Waals surface area contributed by atoms with Crippen molar-refractivity contribution >= 4 is 12.0 Å². The molecular formula is C11H21N3O3. The van der Waals surface area contributed by atoms with E-state index in [2.05, 4.69) is 5.32 Å². The molecule has 0 aliphatic heterocycles. The van der Waals surface area contributed by atoms with Gasteiger partial charge in [0.25, 0.3) is 0 Å². The van der Waals surface area contributed by atoms with Gasteiger partial charge in [-0.2, -0.15) is 0 Å². The lowest BCUT2D eigenvalue weighted by atomic mass is 9.93. The average Bonchev–Trinajstić information content (AvgIpc) is 2.17. The van der Waals surface area contributed by atoms with Crippen molar-refractivity contribution in [1.29, 1.82) is 0 Å². The Morgan fingerprint density at radius 1 is 1.29 bits per heavy atom. The van der Waals surface area contributed by atoms with Gasteiger partial charge in [0.05, 0.1) is 0 Å². The number of aliphatic carboxylic acids is 1. The van der Waals surface area contributed by atoms with Gasteiger partial charge in [-0.1, -0.05) is 0 Å². The second kappa shape index (κ2) is 6.44. The third kappa shape index (κ3) is 5.04. The van der Waals surface area contributed by atoms with E-state index in [0.717, 1.165) is 19.3 Å². The summed E-state index contributed by atoms with van der Waals surface area (Å²) in [6.45, 7) is 0.843. The number of carboxylic acids is 1. The maximum Gasteiger partial charge on any atom is 0.323 e. The monoisotopic (exact) mass is 243 g/mol. The number of nitrogens with one attached hydrogen (secondary N) is 1. The van der Waals surface area contributed by atoms with Crippen LogP contribution in [0.3, 0.4) is 0 Å². The van der Waals surface area contributed by atoms with Crippen molar-refractivity contribution in [2.45, 2.75) is 25.3 Å². The topological polar surface area (TPSA) is 72.9 Å². The molecule has 0 spiro atoms. The summed E-state index contributed by atoms with van der Waals surface area (Å²) in [6, 6.07) is -0.0305. The third-order valence-electron chi connectivity index (χ3n) is 2.86. The van der Waals surface area contributed by atoms with Crippen LogP contribution in [0.4, 0.5) is 4.79 Å². The molecule has 0 heterocycles. The molecular weight excluding hydrogens is 222 g/mol. The summed E-state index contributed by atoms with van der Waals surface area (Å²) in [6.07, 6.45) is 3.14. The SMILES string of the molecule is CN(C)CCN(CC(=O)O)C(=O)NC1CCC1. The zero-order chi connectivity index (χ0) is 12.8. The van der Waals surface area contributed by atoms with Crippen LogP contribution in [0.15, 0.2) is 0 Å². The number of rotatable bonds is 6. The van der Waals surface area contributed by atoms with E-state index in [1.807, 2.05) is 19.0 Å². The van der Waals surface area contributed by atoms with Crippen LogP contribution < -0.4 is 5.32 Å². The first-order valence-corrected chi connectivity index (χ1v) is 5.91. The van der Waals surface area contributed by atoms with Crippen LogP contribution in [0, 0.1) is 0 Å². The summed E-state index contributed by atoms with van der Waals surface area (Å²) < 4.78 is 0. The van der Waals surface area contributed by atoms with Crippen molar-refractivity contribution in [3.63, 3.8) is 0 Å². The second-order valence-corrected chi connectivity index (χ2v) is 4.70. The van der Waals surface area contributed by atoms with E-state index in [1.54, 1.807) is 0 Å². The Kier molecular flexibility index (Phi) is 5.21. The summed E-state index contributed by atoms with van der Waals surface area (Å²) in [5, 5.41) is 11.6. The summed E-state index contributed by atoms with van der Waals surface area (Å²) in [5.41, 5.74) is 0. The minimum Gasteiger partial charge on any atom is -0.480 e. The Morgan fingerprint density at radius 3 is 2.35 bits per heavy atom. The molecule has 1 saturated carbocycles. The van der Waals surface area contributed by atoms with Gasteiger partial charge >= 0.3 is 12.0 Å². The van der Waals surface area contributed by atoms with Gasteiger partial charge in [-0.25, -0.2) is 4.79 Å². The highest BCUT2D eigenvalue weighted by Gasteiger charge is 2.23. The molecule has 6 heteroatoms. The molecule has 1 aliphatic carbocycles. The molecule has 1 fully saturated rings. The van der Waals surface area contributed by atoms with Gasteiger partial charge in [0.2, 0.25) is 0 Å². The zero-order valence-corrected chi connectivity index (χ0v) is 10.5. The molecule has 17 heavy (non-hydrogen) atoms. The van der Waals surface area contributed by atoms with Gasteiger partial charge < -0.3 is 20.2 Å². The Morgan fingerprint density at radius 2 is 1.94 bits per heavy atom. The van der Waals surface area contributed by atoms with Crippen molar-refractivity contribution in [1.82, 2.24) is 15.1 Å². The third-order valence-corrected chi connectivity index (χ3v) is 2.86. The molecule has 98 valence electrons. The molecule has 2 amide bonds. The van der Waals surface area contributed by atoms with Gasteiger partial charge in [-0.05, 0) is 33.4 Å². The van der Waals surface area contributed by atoms with Crippen molar-refractivity contribution in [3.05, 3.63) is 0 Å². The minimum absolute atomic E-state index is 0.234. The highest BCUT2D eigenvalue weighted by molar-refractivity contribution is 5.80. The van der Waals surface area contributed by atoms with Gasteiger partial charge in [0, 0.05) is 19.1 Å². The summed E-state index contributed by atoms with van der Waals surface area (Å²) in [7, 11) is 3.78. The van der Waals surface area contributed by atoms with Gasteiger partial charge in [0.15, 0.2) is 0 Å². The molecule has 2 N–H and O–H groups in total. The van der Waals surface area contributed by atoms with Crippen LogP contribution in [0.25, 0.3) is 0 Å². The number of hydrogen-bond acceptors (Lipinski definition) is 3. The average molecular weight is 243 g/mol. The van der Waals surface area contributed by atoms with E-state index < -0.39 is 5.97 Å². The van der Waals surface area contributed by atoms with Crippen LogP contribution >= 0.6 is 0 Å². The second-order valence-electron chi connectivity index (χ2n) is 4.70. The quantitative estimate of drug-likeness (QED) is 0.699. The highest BCUT2D eigenvalue weighted by atomic mass is 16.4. The van der Waals surface area contributed by atoms with Crippen molar-refractivity contribution < 1.29 is 14.7 Å². The molecule has 0 aromatic heterocycles. The van der Waals surface area contributed by atoms with E-state index >= 15 is 0 Å². The Balaban J connectivity index is 2.41. The van der Waals surface area contributed by atoms with Crippen molar-refractivity contribution in [2.24, 2.45) is 0 Å². The van der Waals surface area contributed by atoms with Gasteiger partial charge in [0.1, 0.15) is 6.54 Å². The van der Waals surface area contributed by atoms with Crippen LogP contribution in [0.5, 0.6) is 0 Å². The summed E-state index contributed by atoms with van der Waals surface area (Å²) >= 11 is 0. The lowest BCUT2D eigenvalue weighted by Gasteiger charge is -2.30. The molecule has 6 nitrogen and oxygen atoms in total. The Hall–Kier alpha value is -1.30. The van der Waals surface area contributed by atoms with E-state index in [0.29, 0.717) is 13.1 Å². The van der Waals surface area contributed by atoms with Crippen molar-refractivity contribution in [2.75, 3.05) is 33.7 Å². The van der Waals surface area contributed by atoms with E-state index in [-0.39, 0.29) is 18.6 Å². The van der Waals surface area contributed by atoms with E-state index in [1.165, 1.54) is 4.90 Å². The largest absolute Gasteiger partial charge is 0.480 e. The molecule has 1 rings (SSSR count). The zero-order valence-electron chi connectivity index (χ0n) is 10.5. The number of urea groups is 1. The molecule has 0 bridgehead atoms. The van der Waals surface area contributed by atoms with Crippen LogP contribution in [-0.4, -0.2) is 66.7 Å². The fourth-order valence-corrected chi connectivity index (χ4v) is 1.55. The van der Waals surface area contributed by atoms with E-state index in [4.69, 9.17) is 5.11 Å². The molecule has 0 unspecified atom stereocenters. The highest BCUT2D eigenvalue weighted by Crippen LogP contribution is 2.18. The lowest BCUT2D eigenvalue weighted by molar-refractivity contribution is -0.137. The Bertz CT molecular complexity index is 277. The number of carbonyl (C=O) groups excluding carboxylic acids is 1. The first-order valence-electron chi connectivity index (χ1n) is 5.91. The molecule has 0 aromatic carbocycles. The van der Waals surface area contributed by atoms with Crippen molar-refractivity contribution in [3.8, 4) is 0 Å². The Labute approximate surface area is 102 Å². The predicted octanol–water partition coefficient (Wildman–Crippen LogP) is 0.197. The minimum atomic E-state index is -0.979. The van der Waals surface area contributed by atoms with Crippen LogP contribution in [0.2, 0.25) is 0 Å². The maximum atomic E-state index is 11.8. The maximum absolute atomic E-state index is 11.8. The molecule has 0 radical (unpaired) electrons. The normalized spacial score (nSPS) is 15.5. The standard InChI is InChI=1S/C11H21N3O3/c1-13(2)6-7-14(8-10(15)16)11(17)12-9-4-3-5-9/h9H,3-8H2,1-2H3,(H,12,17)(H,15,16). The lowest BCUT2D eigenvalue weighted by Crippen LogP contribution is -2.50. The van der Waals surface area contributed by atoms with Gasteiger partial charge in [-0.15, -0.1) is 0 Å². The predicted molar refractivity (Wildman–Crippen MR) is 63.9 cm³/mol.